The van der Waals surface area contributed by atoms with Crippen LogP contribution in [-0.2, 0) is 14.3 Å². The lowest BCUT2D eigenvalue weighted by molar-refractivity contribution is -0.140. The highest BCUT2D eigenvalue weighted by atomic mass is 16.5. The Hall–Kier alpha value is -0.650. The first-order chi connectivity index (χ1) is 10.0. The minimum Gasteiger partial charge on any atom is -0.378 e. The summed E-state index contributed by atoms with van der Waals surface area (Å²) in [6.45, 7) is 9.22. The highest BCUT2D eigenvalue weighted by Gasteiger charge is 2.43. The Morgan fingerprint density at radius 2 is 1.90 bits per heavy atom. The molecule has 0 saturated carbocycles. The third-order valence-corrected chi connectivity index (χ3v) is 4.98. The largest absolute Gasteiger partial charge is 0.378 e. The van der Waals surface area contributed by atoms with E-state index in [1.165, 1.54) is 0 Å². The van der Waals surface area contributed by atoms with Crippen molar-refractivity contribution < 1.29 is 14.3 Å². The standard InChI is InChI=1S/C16H30N2O3/c1-11-12(2)21-13(3)15(11)16(19)18-8-5-14(6-9-18)20-10-4-7-17/h11-15H,4-10,17H2,1-3H3. The second-order valence-corrected chi connectivity index (χ2v) is 6.47. The summed E-state index contributed by atoms with van der Waals surface area (Å²) >= 11 is 0. The highest BCUT2D eigenvalue weighted by Crippen LogP contribution is 2.34. The Morgan fingerprint density at radius 3 is 2.43 bits per heavy atom. The van der Waals surface area contributed by atoms with Gasteiger partial charge in [0.25, 0.3) is 0 Å². The number of piperidine rings is 1. The molecule has 2 aliphatic rings. The topological polar surface area (TPSA) is 64.8 Å². The van der Waals surface area contributed by atoms with Crippen molar-refractivity contribution in [1.29, 1.82) is 0 Å². The molecule has 0 spiro atoms. The summed E-state index contributed by atoms with van der Waals surface area (Å²) in [6, 6.07) is 0. The molecule has 2 saturated heterocycles. The second kappa shape index (κ2) is 7.56. The fourth-order valence-electron chi connectivity index (χ4n) is 3.48. The summed E-state index contributed by atoms with van der Waals surface area (Å²) in [5.41, 5.74) is 5.47. The van der Waals surface area contributed by atoms with Crippen molar-refractivity contribution in [3.05, 3.63) is 0 Å². The van der Waals surface area contributed by atoms with Crippen molar-refractivity contribution in [3.8, 4) is 0 Å². The zero-order chi connectivity index (χ0) is 15.4. The maximum atomic E-state index is 12.7. The van der Waals surface area contributed by atoms with Crippen LogP contribution in [0.4, 0.5) is 0 Å². The molecule has 2 heterocycles. The van der Waals surface area contributed by atoms with Gasteiger partial charge in [-0.05, 0) is 45.6 Å². The fourth-order valence-corrected chi connectivity index (χ4v) is 3.48. The van der Waals surface area contributed by atoms with E-state index < -0.39 is 0 Å². The highest BCUT2D eigenvalue weighted by molar-refractivity contribution is 5.80. The van der Waals surface area contributed by atoms with E-state index in [4.69, 9.17) is 15.2 Å². The molecule has 0 aromatic rings. The Labute approximate surface area is 128 Å². The Bertz CT molecular complexity index is 342. The molecule has 0 radical (unpaired) electrons. The molecule has 5 nitrogen and oxygen atoms in total. The van der Waals surface area contributed by atoms with E-state index in [1.807, 2.05) is 11.8 Å². The monoisotopic (exact) mass is 298 g/mol. The number of hydrogen-bond donors (Lipinski definition) is 1. The van der Waals surface area contributed by atoms with Gasteiger partial charge >= 0.3 is 0 Å². The number of nitrogens with two attached hydrogens (primary N) is 1. The van der Waals surface area contributed by atoms with Gasteiger partial charge in [0, 0.05) is 19.7 Å². The first kappa shape index (κ1) is 16.7. The van der Waals surface area contributed by atoms with Crippen molar-refractivity contribution in [2.75, 3.05) is 26.2 Å². The molecule has 21 heavy (non-hydrogen) atoms. The van der Waals surface area contributed by atoms with Gasteiger partial charge in [-0.3, -0.25) is 4.79 Å². The minimum atomic E-state index is 0.00899. The van der Waals surface area contributed by atoms with Gasteiger partial charge in [-0.2, -0.15) is 0 Å². The van der Waals surface area contributed by atoms with Crippen LogP contribution in [0.15, 0.2) is 0 Å². The van der Waals surface area contributed by atoms with Gasteiger partial charge in [0.15, 0.2) is 0 Å². The van der Waals surface area contributed by atoms with Gasteiger partial charge < -0.3 is 20.1 Å². The van der Waals surface area contributed by atoms with Gasteiger partial charge in [-0.15, -0.1) is 0 Å². The predicted molar refractivity (Wildman–Crippen MR) is 81.9 cm³/mol. The van der Waals surface area contributed by atoms with Crippen LogP contribution in [0, 0.1) is 11.8 Å². The normalized spacial score (nSPS) is 34.4. The molecule has 0 aromatic heterocycles. The van der Waals surface area contributed by atoms with Gasteiger partial charge in [0.2, 0.25) is 5.91 Å². The molecule has 4 unspecified atom stereocenters. The lowest BCUT2D eigenvalue weighted by atomic mass is 9.88. The average molecular weight is 298 g/mol. The molecule has 0 aromatic carbocycles. The number of amides is 1. The van der Waals surface area contributed by atoms with Crippen LogP contribution in [0.25, 0.3) is 0 Å². The zero-order valence-electron chi connectivity index (χ0n) is 13.6. The minimum absolute atomic E-state index is 0.00899. The van der Waals surface area contributed by atoms with Crippen molar-refractivity contribution >= 4 is 5.91 Å². The van der Waals surface area contributed by atoms with E-state index >= 15 is 0 Å². The third-order valence-electron chi connectivity index (χ3n) is 4.98. The van der Waals surface area contributed by atoms with Crippen molar-refractivity contribution in [1.82, 2.24) is 4.90 Å². The molecule has 2 N–H and O–H groups in total. The molecular weight excluding hydrogens is 268 g/mol. The Kier molecular flexibility index (Phi) is 6.02. The molecule has 0 aliphatic carbocycles. The van der Waals surface area contributed by atoms with Crippen LogP contribution in [0.3, 0.4) is 0 Å². The van der Waals surface area contributed by atoms with Crippen LogP contribution in [0.5, 0.6) is 0 Å². The first-order valence-corrected chi connectivity index (χ1v) is 8.30. The molecular formula is C16H30N2O3. The molecule has 4 atom stereocenters. The predicted octanol–water partition coefficient (Wildman–Crippen LogP) is 1.40. The molecule has 2 rings (SSSR count). The average Bonchev–Trinajstić information content (AvgIpc) is 2.72. The van der Waals surface area contributed by atoms with E-state index in [-0.39, 0.29) is 30.1 Å². The van der Waals surface area contributed by atoms with Crippen molar-refractivity contribution in [2.24, 2.45) is 17.6 Å². The van der Waals surface area contributed by atoms with Crippen molar-refractivity contribution in [3.63, 3.8) is 0 Å². The van der Waals surface area contributed by atoms with Gasteiger partial charge in [0.05, 0.1) is 24.2 Å². The van der Waals surface area contributed by atoms with Gasteiger partial charge in [-0.1, -0.05) is 6.92 Å². The number of nitrogens with zero attached hydrogens (tertiary/aromatic N) is 1. The van der Waals surface area contributed by atoms with Gasteiger partial charge in [0.1, 0.15) is 0 Å². The maximum Gasteiger partial charge on any atom is 0.228 e. The summed E-state index contributed by atoms with van der Waals surface area (Å²) in [5, 5.41) is 0. The molecule has 1 amide bonds. The van der Waals surface area contributed by atoms with E-state index in [9.17, 15) is 4.79 Å². The lowest BCUT2D eigenvalue weighted by Crippen LogP contribution is -2.46. The number of rotatable bonds is 5. The number of hydrogen-bond acceptors (Lipinski definition) is 4. The Morgan fingerprint density at radius 1 is 1.24 bits per heavy atom. The van der Waals surface area contributed by atoms with Crippen LogP contribution in [-0.4, -0.2) is 55.4 Å². The van der Waals surface area contributed by atoms with E-state index in [0.29, 0.717) is 12.5 Å². The van der Waals surface area contributed by atoms with E-state index in [2.05, 4.69) is 13.8 Å². The van der Waals surface area contributed by atoms with Crippen LogP contribution in [0.2, 0.25) is 0 Å². The zero-order valence-corrected chi connectivity index (χ0v) is 13.6. The van der Waals surface area contributed by atoms with Crippen LogP contribution >= 0.6 is 0 Å². The number of carbonyl (C=O) groups is 1. The van der Waals surface area contributed by atoms with Gasteiger partial charge in [-0.25, -0.2) is 0 Å². The molecule has 2 fully saturated rings. The summed E-state index contributed by atoms with van der Waals surface area (Å²) in [7, 11) is 0. The molecule has 2 aliphatic heterocycles. The van der Waals surface area contributed by atoms with Crippen LogP contribution in [0.1, 0.15) is 40.0 Å². The summed E-state index contributed by atoms with van der Waals surface area (Å²) in [4.78, 5) is 14.7. The number of carbonyl (C=O) groups excluding carboxylic acids is 1. The van der Waals surface area contributed by atoms with Crippen LogP contribution < -0.4 is 5.73 Å². The smallest absolute Gasteiger partial charge is 0.228 e. The number of likely N-dealkylation sites (tertiary alicyclic amines) is 1. The second-order valence-electron chi connectivity index (χ2n) is 6.47. The van der Waals surface area contributed by atoms with E-state index in [1.54, 1.807) is 0 Å². The Balaban J connectivity index is 1.80. The molecule has 122 valence electrons. The quantitative estimate of drug-likeness (QED) is 0.779. The summed E-state index contributed by atoms with van der Waals surface area (Å²) < 4.78 is 11.6. The number of ether oxygens (including phenoxy) is 2. The fraction of sp³-hybridized carbons (Fsp3) is 0.938. The summed E-state index contributed by atoms with van der Waals surface area (Å²) in [6.07, 6.45) is 3.26. The molecule has 0 bridgehead atoms. The SMILES string of the molecule is CC1OC(C)C(C(=O)N2CCC(OCCCN)CC2)C1C. The maximum absolute atomic E-state index is 12.7. The lowest BCUT2D eigenvalue weighted by Gasteiger charge is -2.34. The van der Waals surface area contributed by atoms with Crippen molar-refractivity contribution in [2.45, 2.75) is 58.3 Å². The first-order valence-electron chi connectivity index (χ1n) is 8.30. The molecule has 5 heteroatoms. The third kappa shape index (κ3) is 3.96. The summed E-state index contributed by atoms with van der Waals surface area (Å²) in [5.74, 6) is 0.570. The van der Waals surface area contributed by atoms with E-state index in [0.717, 1.165) is 39.0 Å².